The number of aromatic nitrogens is 1. The second kappa shape index (κ2) is 8.30. The van der Waals surface area contributed by atoms with E-state index in [0.717, 1.165) is 36.7 Å². The predicted octanol–water partition coefficient (Wildman–Crippen LogP) is 5.90. The zero-order chi connectivity index (χ0) is 20.4. The number of piperidine rings is 1. The topological polar surface area (TPSA) is 28.2 Å². The zero-order valence-corrected chi connectivity index (χ0v) is 16.9. The number of benzene rings is 1. The van der Waals surface area contributed by atoms with Crippen LogP contribution < -0.4 is 10.2 Å². The van der Waals surface area contributed by atoms with Crippen molar-refractivity contribution in [2.24, 2.45) is 11.8 Å². The third-order valence-corrected chi connectivity index (χ3v) is 6.48. The average Bonchev–Trinajstić information content (AvgIpc) is 2.73. The molecule has 0 amide bonds. The molecule has 2 heterocycles. The highest BCUT2D eigenvalue weighted by Gasteiger charge is 2.34. The van der Waals surface area contributed by atoms with Gasteiger partial charge in [-0.2, -0.15) is 13.2 Å². The van der Waals surface area contributed by atoms with Crippen molar-refractivity contribution in [1.82, 2.24) is 4.98 Å². The molecular formula is C22H24F3N3S. The molecule has 1 saturated carbocycles. The van der Waals surface area contributed by atoms with Crippen LogP contribution in [-0.2, 0) is 6.18 Å². The lowest BCUT2D eigenvalue weighted by atomic mass is 9.75. The molecule has 1 aliphatic heterocycles. The molecule has 29 heavy (non-hydrogen) atoms. The molecular weight excluding hydrogens is 395 g/mol. The number of halogens is 3. The number of alkyl halides is 3. The molecule has 1 saturated heterocycles. The van der Waals surface area contributed by atoms with E-state index in [4.69, 9.17) is 12.2 Å². The number of thiocarbonyl (C=S) groups is 1. The number of hydrogen-bond acceptors (Lipinski definition) is 3. The quantitative estimate of drug-likeness (QED) is 0.627. The Morgan fingerprint density at radius 2 is 1.76 bits per heavy atom. The van der Waals surface area contributed by atoms with E-state index in [-0.39, 0.29) is 0 Å². The van der Waals surface area contributed by atoms with Gasteiger partial charge in [0.1, 0.15) is 4.99 Å². The molecule has 4 rings (SSSR count). The first kappa shape index (κ1) is 20.1. The summed E-state index contributed by atoms with van der Waals surface area (Å²) in [5, 5.41) is 3.07. The SMILES string of the molecule is FC(F)(F)c1ccc(N2CCC3CCCCC3C2)c(NC(=S)c2ccncc2)c1. The van der Waals surface area contributed by atoms with E-state index < -0.39 is 11.7 Å². The summed E-state index contributed by atoms with van der Waals surface area (Å²) in [6, 6.07) is 7.43. The highest BCUT2D eigenvalue weighted by molar-refractivity contribution is 7.81. The Hall–Kier alpha value is -2.15. The lowest BCUT2D eigenvalue weighted by Crippen LogP contribution is -2.42. The van der Waals surface area contributed by atoms with Crippen LogP contribution in [0.15, 0.2) is 42.7 Å². The average molecular weight is 420 g/mol. The first-order chi connectivity index (χ1) is 13.9. The fraction of sp³-hybridized carbons (Fsp3) is 0.455. The smallest absolute Gasteiger partial charge is 0.370 e. The second-order valence-corrected chi connectivity index (χ2v) is 8.37. The Morgan fingerprint density at radius 1 is 1.03 bits per heavy atom. The van der Waals surface area contributed by atoms with Crippen LogP contribution >= 0.6 is 12.2 Å². The molecule has 1 N–H and O–H groups in total. The number of rotatable bonds is 3. The Bertz CT molecular complexity index is 869. The molecule has 2 atom stereocenters. The summed E-state index contributed by atoms with van der Waals surface area (Å²) < 4.78 is 40.0. The van der Waals surface area contributed by atoms with E-state index in [1.165, 1.54) is 37.8 Å². The summed E-state index contributed by atoms with van der Waals surface area (Å²) in [7, 11) is 0. The summed E-state index contributed by atoms with van der Waals surface area (Å²) in [5.41, 5.74) is 1.26. The Morgan fingerprint density at radius 3 is 2.48 bits per heavy atom. The summed E-state index contributed by atoms with van der Waals surface area (Å²) in [6.07, 6.45) is 4.97. The van der Waals surface area contributed by atoms with Crippen molar-refractivity contribution in [3.63, 3.8) is 0 Å². The minimum absolute atomic E-state index is 0.389. The van der Waals surface area contributed by atoms with Gasteiger partial charge in [0.2, 0.25) is 0 Å². The van der Waals surface area contributed by atoms with Crippen molar-refractivity contribution in [3.05, 3.63) is 53.9 Å². The van der Waals surface area contributed by atoms with E-state index in [1.54, 1.807) is 30.6 Å². The van der Waals surface area contributed by atoms with Crippen LogP contribution in [0.1, 0.15) is 43.2 Å². The number of nitrogens with one attached hydrogen (secondary N) is 1. The first-order valence-electron chi connectivity index (χ1n) is 10.1. The van der Waals surface area contributed by atoms with Gasteiger partial charge in [0.05, 0.1) is 16.9 Å². The van der Waals surface area contributed by atoms with Crippen molar-refractivity contribution >= 4 is 28.6 Å². The zero-order valence-electron chi connectivity index (χ0n) is 16.1. The largest absolute Gasteiger partial charge is 0.416 e. The molecule has 2 unspecified atom stereocenters. The maximum atomic E-state index is 13.3. The van der Waals surface area contributed by atoms with Crippen molar-refractivity contribution in [2.75, 3.05) is 23.3 Å². The molecule has 0 spiro atoms. The fourth-order valence-electron chi connectivity index (χ4n) is 4.61. The molecule has 2 fully saturated rings. The van der Waals surface area contributed by atoms with Crippen LogP contribution in [0.25, 0.3) is 0 Å². The summed E-state index contributed by atoms with van der Waals surface area (Å²) in [4.78, 5) is 6.58. The third kappa shape index (κ3) is 4.55. The van der Waals surface area contributed by atoms with Crippen LogP contribution in [-0.4, -0.2) is 23.1 Å². The van der Waals surface area contributed by atoms with Gasteiger partial charge in [-0.3, -0.25) is 4.98 Å². The highest BCUT2D eigenvalue weighted by atomic mass is 32.1. The summed E-state index contributed by atoms with van der Waals surface area (Å²) >= 11 is 5.45. The maximum Gasteiger partial charge on any atom is 0.416 e. The van der Waals surface area contributed by atoms with Gasteiger partial charge >= 0.3 is 6.18 Å². The molecule has 3 nitrogen and oxygen atoms in total. The number of fused-ring (bicyclic) bond motifs is 1. The number of nitrogens with zero attached hydrogens (tertiary/aromatic N) is 2. The molecule has 2 aromatic rings. The molecule has 0 radical (unpaired) electrons. The van der Waals surface area contributed by atoms with Gasteiger partial charge in [-0.15, -0.1) is 0 Å². The Labute approximate surface area is 174 Å². The second-order valence-electron chi connectivity index (χ2n) is 7.96. The van der Waals surface area contributed by atoms with Crippen LogP contribution in [0.3, 0.4) is 0 Å². The van der Waals surface area contributed by atoms with Gasteiger partial charge in [0.25, 0.3) is 0 Å². The molecule has 1 aromatic carbocycles. The third-order valence-electron chi connectivity index (χ3n) is 6.15. The molecule has 1 aromatic heterocycles. The monoisotopic (exact) mass is 419 g/mol. The lowest BCUT2D eigenvalue weighted by Gasteiger charge is -2.43. The van der Waals surface area contributed by atoms with Gasteiger partial charge in [-0.05, 0) is 55.0 Å². The van der Waals surface area contributed by atoms with Crippen molar-refractivity contribution in [1.29, 1.82) is 0 Å². The summed E-state index contributed by atoms with van der Waals surface area (Å²) in [5.74, 6) is 1.38. The number of anilines is 2. The number of hydrogen-bond donors (Lipinski definition) is 1. The van der Waals surface area contributed by atoms with Gasteiger partial charge in [0, 0.05) is 31.0 Å². The maximum absolute atomic E-state index is 13.3. The first-order valence-corrected chi connectivity index (χ1v) is 10.5. The summed E-state index contributed by atoms with van der Waals surface area (Å²) in [6.45, 7) is 1.76. The van der Waals surface area contributed by atoms with E-state index >= 15 is 0 Å². The normalized spacial score (nSPS) is 22.1. The van der Waals surface area contributed by atoms with Crippen LogP contribution in [0, 0.1) is 11.8 Å². The molecule has 1 aliphatic carbocycles. The van der Waals surface area contributed by atoms with E-state index in [9.17, 15) is 13.2 Å². The number of pyridine rings is 1. The fourth-order valence-corrected chi connectivity index (χ4v) is 4.85. The van der Waals surface area contributed by atoms with E-state index in [1.807, 2.05) is 0 Å². The minimum atomic E-state index is -4.40. The Kier molecular flexibility index (Phi) is 5.76. The molecule has 0 bridgehead atoms. The molecule has 154 valence electrons. The van der Waals surface area contributed by atoms with Crippen molar-refractivity contribution in [3.8, 4) is 0 Å². The standard InChI is InChI=1S/C22H24F3N3S/c23-22(24,25)18-5-6-20(28-12-9-15-3-1-2-4-17(15)14-28)19(13-18)27-21(29)16-7-10-26-11-8-16/h5-8,10-11,13,15,17H,1-4,9,12,14H2,(H,27,29). The highest BCUT2D eigenvalue weighted by Crippen LogP contribution is 2.41. The van der Waals surface area contributed by atoms with Crippen molar-refractivity contribution < 1.29 is 13.2 Å². The van der Waals surface area contributed by atoms with Gasteiger partial charge < -0.3 is 10.2 Å². The van der Waals surface area contributed by atoms with E-state index in [2.05, 4.69) is 15.2 Å². The van der Waals surface area contributed by atoms with Gasteiger partial charge in [-0.25, -0.2) is 0 Å². The minimum Gasteiger partial charge on any atom is -0.370 e. The molecule has 7 heteroatoms. The predicted molar refractivity (Wildman–Crippen MR) is 113 cm³/mol. The Balaban J connectivity index is 1.63. The van der Waals surface area contributed by atoms with Crippen LogP contribution in [0.5, 0.6) is 0 Å². The van der Waals surface area contributed by atoms with Crippen LogP contribution in [0.4, 0.5) is 24.5 Å². The van der Waals surface area contributed by atoms with Gasteiger partial charge in [0.15, 0.2) is 0 Å². The van der Waals surface area contributed by atoms with Crippen LogP contribution in [0.2, 0.25) is 0 Å². The molecule has 2 aliphatic rings. The van der Waals surface area contributed by atoms with Gasteiger partial charge in [-0.1, -0.05) is 31.5 Å². The lowest BCUT2D eigenvalue weighted by molar-refractivity contribution is -0.137. The van der Waals surface area contributed by atoms with Crippen molar-refractivity contribution in [2.45, 2.75) is 38.3 Å². The van der Waals surface area contributed by atoms with E-state index in [0.29, 0.717) is 16.6 Å².